The van der Waals surface area contributed by atoms with E-state index in [0.717, 1.165) is 11.3 Å². The third-order valence-electron chi connectivity index (χ3n) is 2.14. The third-order valence-corrected chi connectivity index (χ3v) is 2.14. The molecule has 0 radical (unpaired) electrons. The molecule has 2 rings (SSSR count). The van der Waals surface area contributed by atoms with E-state index >= 15 is 0 Å². The van der Waals surface area contributed by atoms with Gasteiger partial charge in [0, 0.05) is 11.8 Å². The van der Waals surface area contributed by atoms with Gasteiger partial charge in [0.05, 0.1) is 17.5 Å². The van der Waals surface area contributed by atoms with Crippen molar-refractivity contribution in [1.82, 2.24) is 15.4 Å². The van der Waals surface area contributed by atoms with Crippen molar-refractivity contribution < 1.29 is 9.32 Å². The molecule has 78 valence electrons. The Morgan fingerprint density at radius 1 is 1.53 bits per heavy atom. The van der Waals surface area contributed by atoms with Crippen LogP contribution >= 0.6 is 0 Å². The lowest BCUT2D eigenvalue weighted by Crippen LogP contribution is -2.11. The summed E-state index contributed by atoms with van der Waals surface area (Å²) in [6.07, 6.45) is 2.95. The second kappa shape index (κ2) is 3.56. The van der Waals surface area contributed by atoms with Crippen LogP contribution in [0.25, 0.3) is 0 Å². The van der Waals surface area contributed by atoms with Crippen LogP contribution in [0.5, 0.6) is 0 Å². The molecular formula is C9H10N4O2. The quantitative estimate of drug-likeness (QED) is 0.774. The van der Waals surface area contributed by atoms with Gasteiger partial charge in [-0.05, 0) is 13.8 Å². The van der Waals surface area contributed by atoms with Gasteiger partial charge in [0.15, 0.2) is 0 Å². The first-order valence-corrected chi connectivity index (χ1v) is 4.41. The molecule has 0 spiro atoms. The molecule has 0 saturated carbocycles. The van der Waals surface area contributed by atoms with Crippen LogP contribution in [0.15, 0.2) is 16.9 Å². The standard InChI is InChI=1S/C9H10N4O2/c1-5-6(2)13-15-9(5)12-8(14)7-3-10-11-4-7/h3-4H,1-2H3,(H,10,11)(H,12,14). The fourth-order valence-electron chi connectivity index (χ4n) is 1.08. The van der Waals surface area contributed by atoms with Crippen LogP contribution in [-0.2, 0) is 0 Å². The number of hydrogen-bond donors (Lipinski definition) is 2. The molecule has 0 aromatic carbocycles. The van der Waals surface area contributed by atoms with E-state index in [1.165, 1.54) is 12.4 Å². The van der Waals surface area contributed by atoms with Crippen molar-refractivity contribution in [1.29, 1.82) is 0 Å². The summed E-state index contributed by atoms with van der Waals surface area (Å²) >= 11 is 0. The Morgan fingerprint density at radius 2 is 2.33 bits per heavy atom. The molecule has 2 aromatic rings. The van der Waals surface area contributed by atoms with E-state index < -0.39 is 0 Å². The number of carbonyl (C=O) groups excluding carboxylic acids is 1. The fraction of sp³-hybridized carbons (Fsp3) is 0.222. The lowest BCUT2D eigenvalue weighted by Gasteiger charge is -1.98. The second-order valence-electron chi connectivity index (χ2n) is 3.16. The van der Waals surface area contributed by atoms with Crippen LogP contribution in [0, 0.1) is 13.8 Å². The summed E-state index contributed by atoms with van der Waals surface area (Å²) in [5.41, 5.74) is 2.03. The van der Waals surface area contributed by atoms with Gasteiger partial charge in [0.25, 0.3) is 5.91 Å². The summed E-state index contributed by atoms with van der Waals surface area (Å²) < 4.78 is 4.95. The van der Waals surface area contributed by atoms with Crippen LogP contribution in [0.2, 0.25) is 0 Å². The number of H-pyrrole nitrogens is 1. The van der Waals surface area contributed by atoms with Gasteiger partial charge < -0.3 is 4.52 Å². The highest BCUT2D eigenvalue weighted by Gasteiger charge is 2.13. The van der Waals surface area contributed by atoms with Gasteiger partial charge in [0.2, 0.25) is 5.88 Å². The van der Waals surface area contributed by atoms with E-state index in [4.69, 9.17) is 4.52 Å². The lowest BCUT2D eigenvalue weighted by molar-refractivity contribution is 0.102. The molecule has 2 heterocycles. The van der Waals surface area contributed by atoms with Gasteiger partial charge in [-0.25, -0.2) is 0 Å². The first-order valence-electron chi connectivity index (χ1n) is 4.41. The molecule has 0 aliphatic rings. The van der Waals surface area contributed by atoms with E-state index in [-0.39, 0.29) is 5.91 Å². The van der Waals surface area contributed by atoms with E-state index in [1.807, 2.05) is 13.8 Å². The molecule has 0 bridgehead atoms. The van der Waals surface area contributed by atoms with Crippen molar-refractivity contribution in [2.45, 2.75) is 13.8 Å². The molecule has 0 unspecified atom stereocenters. The molecule has 0 aliphatic carbocycles. The number of aromatic nitrogens is 3. The Labute approximate surface area is 85.7 Å². The number of carbonyl (C=O) groups is 1. The lowest BCUT2D eigenvalue weighted by atomic mass is 10.2. The van der Waals surface area contributed by atoms with Gasteiger partial charge in [-0.3, -0.25) is 15.2 Å². The normalized spacial score (nSPS) is 10.3. The maximum absolute atomic E-state index is 11.6. The van der Waals surface area contributed by atoms with Crippen LogP contribution in [0.4, 0.5) is 5.88 Å². The van der Waals surface area contributed by atoms with Crippen molar-refractivity contribution in [3.8, 4) is 0 Å². The Kier molecular flexibility index (Phi) is 2.24. The average molecular weight is 206 g/mol. The van der Waals surface area contributed by atoms with Crippen molar-refractivity contribution >= 4 is 11.8 Å². The molecule has 2 N–H and O–H groups in total. The molecule has 2 aromatic heterocycles. The molecular weight excluding hydrogens is 196 g/mol. The van der Waals surface area contributed by atoms with Gasteiger partial charge in [-0.1, -0.05) is 5.16 Å². The topological polar surface area (TPSA) is 83.8 Å². The minimum absolute atomic E-state index is 0.275. The van der Waals surface area contributed by atoms with Crippen LogP contribution in [0.1, 0.15) is 21.6 Å². The first-order chi connectivity index (χ1) is 7.18. The van der Waals surface area contributed by atoms with E-state index in [0.29, 0.717) is 11.4 Å². The van der Waals surface area contributed by atoms with Crippen molar-refractivity contribution in [2.24, 2.45) is 0 Å². The fourth-order valence-corrected chi connectivity index (χ4v) is 1.08. The predicted molar refractivity (Wildman–Crippen MR) is 52.5 cm³/mol. The van der Waals surface area contributed by atoms with Crippen molar-refractivity contribution in [3.05, 3.63) is 29.2 Å². The monoisotopic (exact) mass is 206 g/mol. The zero-order chi connectivity index (χ0) is 10.8. The molecule has 1 amide bonds. The van der Waals surface area contributed by atoms with Crippen LogP contribution < -0.4 is 5.32 Å². The zero-order valence-corrected chi connectivity index (χ0v) is 8.37. The molecule has 0 saturated heterocycles. The summed E-state index contributed by atoms with van der Waals surface area (Å²) in [4.78, 5) is 11.6. The molecule has 6 nitrogen and oxygen atoms in total. The summed E-state index contributed by atoms with van der Waals surface area (Å²) in [6, 6.07) is 0. The highest BCUT2D eigenvalue weighted by molar-refractivity contribution is 6.03. The summed E-state index contributed by atoms with van der Waals surface area (Å²) in [6.45, 7) is 3.64. The van der Waals surface area contributed by atoms with Crippen molar-refractivity contribution in [2.75, 3.05) is 5.32 Å². The van der Waals surface area contributed by atoms with E-state index in [9.17, 15) is 4.79 Å². The Bertz CT molecular complexity index is 472. The SMILES string of the molecule is Cc1noc(NC(=O)c2cn[nH]c2)c1C. The molecule has 0 aliphatic heterocycles. The summed E-state index contributed by atoms with van der Waals surface area (Å²) in [5.74, 6) is 0.0988. The van der Waals surface area contributed by atoms with Gasteiger partial charge >= 0.3 is 0 Å². The number of amides is 1. The predicted octanol–water partition coefficient (Wildman–Crippen LogP) is 1.27. The minimum Gasteiger partial charge on any atom is -0.338 e. The number of rotatable bonds is 2. The first kappa shape index (κ1) is 9.45. The van der Waals surface area contributed by atoms with Gasteiger partial charge in [-0.15, -0.1) is 0 Å². The highest BCUT2D eigenvalue weighted by atomic mass is 16.5. The minimum atomic E-state index is -0.275. The molecule has 6 heteroatoms. The Balaban J connectivity index is 2.16. The van der Waals surface area contributed by atoms with Crippen LogP contribution in [-0.4, -0.2) is 21.3 Å². The summed E-state index contributed by atoms with van der Waals surface area (Å²) in [5, 5.41) is 12.6. The summed E-state index contributed by atoms with van der Waals surface area (Å²) in [7, 11) is 0. The van der Waals surface area contributed by atoms with Crippen LogP contribution in [0.3, 0.4) is 0 Å². The zero-order valence-electron chi connectivity index (χ0n) is 8.37. The number of nitrogens with zero attached hydrogens (tertiary/aromatic N) is 2. The van der Waals surface area contributed by atoms with Crippen molar-refractivity contribution in [3.63, 3.8) is 0 Å². The Hall–Kier alpha value is -2.11. The second-order valence-corrected chi connectivity index (χ2v) is 3.16. The maximum Gasteiger partial charge on any atom is 0.261 e. The van der Waals surface area contributed by atoms with E-state index in [2.05, 4.69) is 20.7 Å². The Morgan fingerprint density at radius 3 is 2.87 bits per heavy atom. The molecule has 0 atom stereocenters. The molecule has 15 heavy (non-hydrogen) atoms. The molecule has 0 fully saturated rings. The highest BCUT2D eigenvalue weighted by Crippen LogP contribution is 2.17. The average Bonchev–Trinajstić information content (AvgIpc) is 2.83. The van der Waals surface area contributed by atoms with Gasteiger partial charge in [0.1, 0.15) is 0 Å². The number of nitrogens with one attached hydrogen (secondary N) is 2. The number of hydrogen-bond acceptors (Lipinski definition) is 4. The van der Waals surface area contributed by atoms with E-state index in [1.54, 1.807) is 0 Å². The third kappa shape index (κ3) is 1.74. The number of aromatic amines is 1. The largest absolute Gasteiger partial charge is 0.338 e. The maximum atomic E-state index is 11.6. The number of aryl methyl sites for hydroxylation is 1. The smallest absolute Gasteiger partial charge is 0.261 e. The van der Waals surface area contributed by atoms with Gasteiger partial charge in [-0.2, -0.15) is 5.10 Å². The number of anilines is 1.